The van der Waals surface area contributed by atoms with Gasteiger partial charge in [0.1, 0.15) is 12.4 Å². The van der Waals surface area contributed by atoms with Gasteiger partial charge in [-0.25, -0.2) is 4.48 Å². The van der Waals surface area contributed by atoms with Crippen molar-refractivity contribution in [3.8, 4) is 23.0 Å². The fourth-order valence-electron chi connectivity index (χ4n) is 4.31. The Balaban J connectivity index is 1.82. The fourth-order valence-corrected chi connectivity index (χ4v) is 4.31. The summed E-state index contributed by atoms with van der Waals surface area (Å²) in [7, 11) is 6.83. The first-order chi connectivity index (χ1) is 16.0. The molecule has 2 heterocycles. The SMILES string of the molecule is COCOc1cc(OC)c(OC)cc1C1Oc2cccc(Cc3ccccn3)c2[N+]1(C)CN. The van der Waals surface area contributed by atoms with Crippen molar-refractivity contribution in [2.75, 3.05) is 41.8 Å². The molecule has 2 N–H and O–H groups in total. The van der Waals surface area contributed by atoms with E-state index in [1.807, 2.05) is 36.4 Å². The molecule has 33 heavy (non-hydrogen) atoms. The van der Waals surface area contributed by atoms with Gasteiger partial charge in [0.25, 0.3) is 6.23 Å². The van der Waals surface area contributed by atoms with Crippen LogP contribution in [0.15, 0.2) is 54.7 Å². The van der Waals surface area contributed by atoms with E-state index in [0.717, 1.165) is 28.3 Å². The van der Waals surface area contributed by atoms with Crippen molar-refractivity contribution < 1.29 is 23.7 Å². The van der Waals surface area contributed by atoms with Gasteiger partial charge in [0, 0.05) is 43.1 Å². The second-order valence-electron chi connectivity index (χ2n) is 7.98. The van der Waals surface area contributed by atoms with Crippen LogP contribution in [0.4, 0.5) is 5.69 Å². The molecule has 4 rings (SSSR count). The highest BCUT2D eigenvalue weighted by atomic mass is 16.7. The number of aromatic nitrogens is 1. The molecule has 2 unspecified atom stereocenters. The van der Waals surface area contributed by atoms with Gasteiger partial charge in [-0.15, -0.1) is 0 Å². The van der Waals surface area contributed by atoms with Gasteiger partial charge in [-0.05, 0) is 18.2 Å². The summed E-state index contributed by atoms with van der Waals surface area (Å²) in [4.78, 5) is 4.50. The lowest BCUT2D eigenvalue weighted by molar-refractivity contribution is 0.0422. The highest BCUT2D eigenvalue weighted by molar-refractivity contribution is 5.66. The van der Waals surface area contributed by atoms with Crippen LogP contribution in [0.2, 0.25) is 0 Å². The van der Waals surface area contributed by atoms with Gasteiger partial charge in [-0.1, -0.05) is 18.2 Å². The van der Waals surface area contributed by atoms with Crippen LogP contribution in [-0.4, -0.2) is 46.8 Å². The molecular formula is C25H30N3O5+. The smallest absolute Gasteiger partial charge is 0.269 e. The van der Waals surface area contributed by atoms with Crippen molar-refractivity contribution in [3.05, 3.63) is 71.5 Å². The maximum atomic E-state index is 6.53. The van der Waals surface area contributed by atoms with Crippen molar-refractivity contribution in [2.45, 2.75) is 12.6 Å². The number of methoxy groups -OCH3 is 3. The van der Waals surface area contributed by atoms with Gasteiger partial charge in [0.05, 0.1) is 26.8 Å². The number of pyridine rings is 1. The third-order valence-electron chi connectivity index (χ3n) is 5.94. The lowest BCUT2D eigenvalue weighted by Gasteiger charge is -2.34. The van der Waals surface area contributed by atoms with Crippen LogP contribution < -0.4 is 29.2 Å². The monoisotopic (exact) mass is 452 g/mol. The third-order valence-corrected chi connectivity index (χ3v) is 5.94. The van der Waals surface area contributed by atoms with E-state index in [-0.39, 0.29) is 6.79 Å². The molecule has 0 saturated carbocycles. The number of benzene rings is 2. The minimum Gasteiger partial charge on any atom is -0.493 e. The van der Waals surface area contributed by atoms with Crippen LogP contribution in [0, 0.1) is 0 Å². The average molecular weight is 453 g/mol. The van der Waals surface area contributed by atoms with E-state index >= 15 is 0 Å². The topological polar surface area (TPSA) is 85.1 Å². The number of hydrogen-bond acceptors (Lipinski definition) is 7. The summed E-state index contributed by atoms with van der Waals surface area (Å²) in [6.45, 7) is 0.397. The zero-order valence-corrected chi connectivity index (χ0v) is 19.4. The lowest BCUT2D eigenvalue weighted by atomic mass is 10.0. The zero-order chi connectivity index (χ0) is 23.4. The Hall–Kier alpha value is -3.33. The molecule has 2 aromatic carbocycles. The fraction of sp³-hybridized carbons (Fsp3) is 0.320. The van der Waals surface area contributed by atoms with E-state index < -0.39 is 6.23 Å². The molecule has 8 heteroatoms. The molecule has 3 aromatic rings. The second kappa shape index (κ2) is 9.66. The summed E-state index contributed by atoms with van der Waals surface area (Å²) in [5, 5.41) is 0. The Bertz CT molecular complexity index is 1110. The number of para-hydroxylation sites is 1. The Morgan fingerprint density at radius 1 is 1.00 bits per heavy atom. The summed E-state index contributed by atoms with van der Waals surface area (Å²) in [6, 6.07) is 15.7. The van der Waals surface area contributed by atoms with Gasteiger partial charge in [0.2, 0.25) is 0 Å². The second-order valence-corrected chi connectivity index (χ2v) is 7.98. The highest BCUT2D eigenvalue weighted by Crippen LogP contribution is 2.52. The van der Waals surface area contributed by atoms with Crippen molar-refractivity contribution in [2.24, 2.45) is 5.73 Å². The zero-order valence-electron chi connectivity index (χ0n) is 19.4. The maximum Gasteiger partial charge on any atom is 0.269 e. The van der Waals surface area contributed by atoms with Crippen LogP contribution in [0.3, 0.4) is 0 Å². The van der Waals surface area contributed by atoms with Crippen molar-refractivity contribution in [1.82, 2.24) is 9.47 Å². The molecule has 0 bridgehead atoms. The maximum absolute atomic E-state index is 6.53. The molecule has 2 atom stereocenters. The van der Waals surface area contributed by atoms with E-state index in [2.05, 4.69) is 18.1 Å². The van der Waals surface area contributed by atoms with Crippen LogP contribution in [0.5, 0.6) is 23.0 Å². The van der Waals surface area contributed by atoms with Gasteiger partial charge in [0.15, 0.2) is 29.7 Å². The first-order valence-corrected chi connectivity index (χ1v) is 10.7. The van der Waals surface area contributed by atoms with Gasteiger partial charge in [-0.2, -0.15) is 0 Å². The number of fused-ring (bicyclic) bond motifs is 1. The third kappa shape index (κ3) is 4.20. The first kappa shape index (κ1) is 22.8. The van der Waals surface area contributed by atoms with Gasteiger partial charge < -0.3 is 23.7 Å². The number of quaternary nitrogens is 1. The molecule has 8 nitrogen and oxygen atoms in total. The molecule has 0 saturated heterocycles. The van der Waals surface area contributed by atoms with Crippen molar-refractivity contribution in [1.29, 1.82) is 0 Å². The molecule has 1 aromatic heterocycles. The summed E-state index contributed by atoms with van der Waals surface area (Å²) in [5.41, 5.74) is 10.3. The summed E-state index contributed by atoms with van der Waals surface area (Å²) in [5.74, 6) is 2.50. The molecule has 1 aliphatic rings. The number of ether oxygens (including phenoxy) is 5. The summed E-state index contributed by atoms with van der Waals surface area (Å²) >= 11 is 0. The molecule has 0 fully saturated rings. The Morgan fingerprint density at radius 3 is 2.45 bits per heavy atom. The predicted molar refractivity (Wildman–Crippen MR) is 126 cm³/mol. The van der Waals surface area contributed by atoms with Crippen LogP contribution >= 0.6 is 0 Å². The normalized spacial score (nSPS) is 19.0. The Kier molecular flexibility index (Phi) is 6.69. The summed E-state index contributed by atoms with van der Waals surface area (Å²) in [6.07, 6.45) is 2.02. The minimum absolute atomic E-state index is 0.0828. The molecular weight excluding hydrogens is 422 g/mol. The van der Waals surface area contributed by atoms with E-state index in [1.165, 1.54) is 0 Å². The van der Waals surface area contributed by atoms with Gasteiger partial charge in [-0.3, -0.25) is 10.7 Å². The van der Waals surface area contributed by atoms with E-state index in [1.54, 1.807) is 33.6 Å². The molecule has 0 spiro atoms. The Labute approximate surface area is 194 Å². The molecule has 0 amide bonds. The Morgan fingerprint density at radius 2 is 1.79 bits per heavy atom. The first-order valence-electron chi connectivity index (χ1n) is 10.7. The van der Waals surface area contributed by atoms with Gasteiger partial charge >= 0.3 is 0 Å². The molecule has 0 radical (unpaired) electrons. The quantitative estimate of drug-likeness (QED) is 0.392. The largest absolute Gasteiger partial charge is 0.493 e. The van der Waals surface area contributed by atoms with E-state index in [0.29, 0.717) is 34.8 Å². The van der Waals surface area contributed by atoms with E-state index in [4.69, 9.17) is 29.4 Å². The standard InChI is InChI=1S/C25H30N3O5/c1-28(15-26)24-17(12-18-9-5-6-11-27-18)8-7-10-20(24)33-25(28)19-13-22(30-3)23(31-4)14-21(19)32-16-29-2/h5-11,13-14,25H,12,15-16,26H2,1-4H3/q+1. The predicted octanol–water partition coefficient (Wildman–Crippen LogP) is 3.62. The highest BCUT2D eigenvalue weighted by Gasteiger charge is 2.49. The average Bonchev–Trinajstić information content (AvgIpc) is 3.16. The molecule has 1 aliphatic heterocycles. The molecule has 174 valence electrons. The minimum atomic E-state index is -0.457. The van der Waals surface area contributed by atoms with Crippen LogP contribution in [-0.2, 0) is 11.2 Å². The van der Waals surface area contributed by atoms with Crippen LogP contribution in [0.25, 0.3) is 0 Å². The van der Waals surface area contributed by atoms with Crippen molar-refractivity contribution in [3.63, 3.8) is 0 Å². The number of nitrogens with zero attached hydrogens (tertiary/aromatic N) is 2. The molecule has 0 aliphatic carbocycles. The number of hydrogen-bond donors (Lipinski definition) is 1. The number of rotatable bonds is 9. The lowest BCUT2D eigenvalue weighted by Crippen LogP contribution is -2.51. The van der Waals surface area contributed by atoms with E-state index in [9.17, 15) is 0 Å². The van der Waals surface area contributed by atoms with Crippen LogP contribution in [0.1, 0.15) is 23.0 Å². The number of nitrogens with two attached hydrogens (primary N) is 1. The summed E-state index contributed by atoms with van der Waals surface area (Å²) < 4.78 is 28.9. The van der Waals surface area contributed by atoms with Crippen molar-refractivity contribution >= 4 is 5.69 Å².